The van der Waals surface area contributed by atoms with Crippen LogP contribution in [0.25, 0.3) is 0 Å². The number of amides is 2. The van der Waals surface area contributed by atoms with Crippen molar-refractivity contribution in [3.63, 3.8) is 0 Å². The van der Waals surface area contributed by atoms with E-state index < -0.39 is 46.4 Å². The number of rotatable bonds is 4. The minimum Gasteiger partial charge on any atom is -0.467 e. The van der Waals surface area contributed by atoms with Crippen molar-refractivity contribution < 1.29 is 33.4 Å². The second-order valence-electron chi connectivity index (χ2n) is 9.57. The molecule has 4 rings (SSSR count). The molecule has 9 nitrogen and oxygen atoms in total. The number of ether oxygens (including phenoxy) is 3. The van der Waals surface area contributed by atoms with E-state index in [9.17, 15) is 19.2 Å². The van der Waals surface area contributed by atoms with Gasteiger partial charge in [0.05, 0.1) is 19.4 Å². The minimum absolute atomic E-state index is 0.00305. The summed E-state index contributed by atoms with van der Waals surface area (Å²) in [5.41, 5.74) is -3.69. The Kier molecular flexibility index (Phi) is 6.20. The van der Waals surface area contributed by atoms with Gasteiger partial charge in [0, 0.05) is 6.21 Å². The highest BCUT2D eigenvalue weighted by Crippen LogP contribution is 2.56. The van der Waals surface area contributed by atoms with Gasteiger partial charge in [0.15, 0.2) is 5.54 Å². The van der Waals surface area contributed by atoms with Crippen LogP contribution in [0.3, 0.4) is 0 Å². The van der Waals surface area contributed by atoms with Crippen molar-refractivity contribution in [2.45, 2.75) is 44.2 Å². The molecule has 0 aliphatic carbocycles. The maximum Gasteiger partial charge on any atom is 0.421 e. The number of nitrogens with zero attached hydrogens (tertiary/aromatic N) is 2. The molecule has 1 spiro atoms. The van der Waals surface area contributed by atoms with Crippen LogP contribution in [-0.2, 0) is 39.5 Å². The molecule has 2 aromatic rings. The van der Waals surface area contributed by atoms with E-state index in [2.05, 4.69) is 4.99 Å². The zero-order chi connectivity index (χ0) is 26.3. The van der Waals surface area contributed by atoms with Crippen molar-refractivity contribution in [1.82, 2.24) is 0 Å². The largest absolute Gasteiger partial charge is 0.467 e. The van der Waals surface area contributed by atoms with Crippen LogP contribution in [0.1, 0.15) is 38.8 Å². The highest BCUT2D eigenvalue weighted by atomic mass is 16.6. The molecular weight excluding hydrogens is 464 g/mol. The first-order chi connectivity index (χ1) is 17.0. The normalized spacial score (nSPS) is 24.5. The third-order valence-electron chi connectivity index (χ3n) is 6.30. The molecule has 0 radical (unpaired) electrons. The summed E-state index contributed by atoms with van der Waals surface area (Å²) in [5.74, 6) is -3.90. The van der Waals surface area contributed by atoms with Crippen molar-refractivity contribution in [2.24, 2.45) is 10.9 Å². The molecule has 2 aliphatic heterocycles. The van der Waals surface area contributed by atoms with Crippen molar-refractivity contribution in [3.05, 3.63) is 65.7 Å². The van der Waals surface area contributed by atoms with E-state index in [1.54, 1.807) is 82.3 Å². The fraction of sp³-hybridized carbons (Fsp3) is 0.370. The molecule has 36 heavy (non-hydrogen) atoms. The Balaban J connectivity index is 2.00. The molecule has 0 saturated carbocycles. The molecular formula is C27H28N2O7. The summed E-state index contributed by atoms with van der Waals surface area (Å²) >= 11 is 0. The van der Waals surface area contributed by atoms with Gasteiger partial charge >= 0.3 is 18.0 Å². The number of aliphatic imine (C=N–C) groups is 1. The number of methoxy groups -OCH3 is 1. The molecule has 0 N–H and O–H groups in total. The molecule has 3 atom stereocenters. The van der Waals surface area contributed by atoms with Crippen molar-refractivity contribution >= 4 is 35.8 Å². The summed E-state index contributed by atoms with van der Waals surface area (Å²) in [6.07, 6.45) is 0.382. The highest BCUT2D eigenvalue weighted by molar-refractivity contribution is 6.29. The van der Waals surface area contributed by atoms with Crippen LogP contribution in [0, 0.1) is 5.92 Å². The average molecular weight is 493 g/mol. The monoisotopic (exact) mass is 492 g/mol. The van der Waals surface area contributed by atoms with Crippen LogP contribution < -0.4 is 4.90 Å². The lowest BCUT2D eigenvalue weighted by molar-refractivity contribution is -0.163. The first-order valence-corrected chi connectivity index (χ1v) is 11.6. The van der Waals surface area contributed by atoms with Gasteiger partial charge in [-0.1, -0.05) is 48.5 Å². The Hall–Kier alpha value is -4.01. The Labute approximate surface area is 209 Å². The van der Waals surface area contributed by atoms with E-state index in [0.717, 1.165) is 4.90 Å². The van der Waals surface area contributed by atoms with Gasteiger partial charge in [0.25, 0.3) is 5.91 Å². The number of carbonyl (C=O) groups is 4. The number of esters is 2. The number of fused-ring (bicyclic) bond motifs is 2. The lowest BCUT2D eigenvalue weighted by Crippen LogP contribution is -2.56. The number of anilines is 1. The Morgan fingerprint density at radius 1 is 1.03 bits per heavy atom. The van der Waals surface area contributed by atoms with Crippen molar-refractivity contribution in [2.75, 3.05) is 18.6 Å². The molecule has 9 heteroatoms. The highest BCUT2D eigenvalue weighted by Gasteiger charge is 2.72. The van der Waals surface area contributed by atoms with Crippen LogP contribution in [0.5, 0.6) is 0 Å². The van der Waals surface area contributed by atoms with Gasteiger partial charge in [-0.3, -0.25) is 14.6 Å². The van der Waals surface area contributed by atoms with E-state index in [0.29, 0.717) is 11.1 Å². The lowest BCUT2D eigenvalue weighted by atomic mass is 9.64. The van der Waals surface area contributed by atoms with E-state index in [1.165, 1.54) is 13.3 Å². The SMILES string of the molecule is CCOC(=O)[C@H]1[C@@]2(C=N[C@]1(C(=O)OC)c1ccccc1)C(=O)N(C(=O)OC(C)(C)C)c1ccccc12. The second kappa shape index (κ2) is 8.89. The molecule has 0 bridgehead atoms. The van der Waals surface area contributed by atoms with Gasteiger partial charge in [0.2, 0.25) is 0 Å². The van der Waals surface area contributed by atoms with E-state index in [-0.39, 0.29) is 12.3 Å². The van der Waals surface area contributed by atoms with Gasteiger partial charge in [-0.15, -0.1) is 0 Å². The van der Waals surface area contributed by atoms with Crippen LogP contribution >= 0.6 is 0 Å². The topological polar surface area (TPSA) is 112 Å². The summed E-state index contributed by atoms with van der Waals surface area (Å²) in [4.78, 5) is 60.0. The van der Waals surface area contributed by atoms with Gasteiger partial charge in [-0.2, -0.15) is 0 Å². The third-order valence-corrected chi connectivity index (χ3v) is 6.30. The number of imide groups is 1. The zero-order valence-corrected chi connectivity index (χ0v) is 20.8. The predicted molar refractivity (Wildman–Crippen MR) is 131 cm³/mol. The zero-order valence-electron chi connectivity index (χ0n) is 20.8. The van der Waals surface area contributed by atoms with Crippen LogP contribution in [-0.4, -0.2) is 49.5 Å². The first-order valence-electron chi connectivity index (χ1n) is 11.6. The molecule has 2 aliphatic rings. The Morgan fingerprint density at radius 3 is 2.28 bits per heavy atom. The van der Waals surface area contributed by atoms with E-state index in [4.69, 9.17) is 14.2 Å². The summed E-state index contributed by atoms with van der Waals surface area (Å²) in [7, 11) is 1.19. The molecule has 2 aromatic carbocycles. The summed E-state index contributed by atoms with van der Waals surface area (Å²) < 4.78 is 16.1. The number of hydrogen-bond donors (Lipinski definition) is 0. The fourth-order valence-corrected chi connectivity index (χ4v) is 4.96. The Bertz CT molecular complexity index is 1250. The Morgan fingerprint density at radius 2 is 1.67 bits per heavy atom. The third kappa shape index (κ3) is 3.57. The molecule has 0 unspecified atom stereocenters. The molecule has 2 heterocycles. The molecule has 0 fully saturated rings. The molecule has 2 amide bonds. The van der Waals surface area contributed by atoms with Gasteiger partial charge in [-0.25, -0.2) is 14.5 Å². The first kappa shape index (κ1) is 25.1. The van der Waals surface area contributed by atoms with Crippen LogP contribution in [0.15, 0.2) is 59.6 Å². The van der Waals surface area contributed by atoms with E-state index in [1.807, 2.05) is 0 Å². The number of para-hydroxylation sites is 1. The summed E-state index contributed by atoms with van der Waals surface area (Å²) in [6, 6.07) is 15.0. The maximum absolute atomic E-state index is 14.2. The smallest absolute Gasteiger partial charge is 0.421 e. The summed E-state index contributed by atoms with van der Waals surface area (Å²) in [5, 5.41) is 0. The number of hydrogen-bond acceptors (Lipinski definition) is 8. The predicted octanol–water partition coefficient (Wildman–Crippen LogP) is 3.54. The summed E-state index contributed by atoms with van der Waals surface area (Å²) in [6.45, 7) is 6.68. The maximum atomic E-state index is 14.2. The van der Waals surface area contributed by atoms with E-state index >= 15 is 0 Å². The van der Waals surface area contributed by atoms with Gasteiger partial charge < -0.3 is 14.2 Å². The number of benzene rings is 2. The quantitative estimate of drug-likeness (QED) is 0.474. The average Bonchev–Trinajstić information content (AvgIpc) is 3.33. The van der Waals surface area contributed by atoms with Crippen LogP contribution in [0.4, 0.5) is 10.5 Å². The van der Waals surface area contributed by atoms with Crippen LogP contribution in [0.2, 0.25) is 0 Å². The van der Waals surface area contributed by atoms with Gasteiger partial charge in [0.1, 0.15) is 16.9 Å². The van der Waals surface area contributed by atoms with Gasteiger partial charge in [-0.05, 0) is 44.9 Å². The second-order valence-corrected chi connectivity index (χ2v) is 9.57. The minimum atomic E-state index is -1.92. The molecule has 188 valence electrons. The lowest BCUT2D eigenvalue weighted by Gasteiger charge is -2.36. The number of carbonyl (C=O) groups excluding carboxylic acids is 4. The van der Waals surface area contributed by atoms with Crippen molar-refractivity contribution in [3.8, 4) is 0 Å². The molecule has 0 saturated heterocycles. The standard InChI is InChI=1S/C27H28N2O7/c1-6-35-21(30)20-26(16-28-27(20,23(32)34-5)17-12-8-7-9-13-17)18-14-10-11-15-19(18)29(22(26)31)24(33)36-25(2,3)4/h7-16,20H,6H2,1-5H3/t20-,26-,27+/m0/s1. The molecule has 0 aromatic heterocycles. The van der Waals surface area contributed by atoms with Crippen molar-refractivity contribution in [1.29, 1.82) is 0 Å². The fourth-order valence-electron chi connectivity index (χ4n) is 4.96.